The Labute approximate surface area is 107 Å². The monoisotopic (exact) mass is 243 g/mol. The molecule has 0 spiro atoms. The maximum Gasteiger partial charge on any atom is 0.196 e. The van der Waals surface area contributed by atoms with E-state index in [-0.39, 0.29) is 11.7 Å². The average molecular weight is 243 g/mol. The van der Waals surface area contributed by atoms with E-state index in [1.54, 1.807) is 6.20 Å². The summed E-state index contributed by atoms with van der Waals surface area (Å²) in [5, 5.41) is 0. The third-order valence-electron chi connectivity index (χ3n) is 2.73. The van der Waals surface area contributed by atoms with Crippen LogP contribution in [0.25, 0.3) is 0 Å². The molecule has 0 bridgehead atoms. The summed E-state index contributed by atoms with van der Waals surface area (Å²) >= 11 is 0. The lowest BCUT2D eigenvalue weighted by atomic mass is 10.0. The fraction of sp³-hybridized carbons (Fsp3) is 0.267. The second-order valence-corrected chi connectivity index (χ2v) is 4.49. The average Bonchev–Trinajstić information content (AvgIpc) is 2.90. The lowest BCUT2D eigenvalue weighted by Crippen LogP contribution is -2.23. The highest BCUT2D eigenvalue weighted by Gasteiger charge is 2.25. The Morgan fingerprint density at radius 2 is 1.83 bits per heavy atom. The predicted molar refractivity (Wildman–Crippen MR) is 70.4 cm³/mol. The van der Waals surface area contributed by atoms with E-state index in [9.17, 15) is 4.79 Å². The van der Waals surface area contributed by atoms with Gasteiger partial charge >= 0.3 is 0 Å². The van der Waals surface area contributed by atoms with E-state index >= 15 is 0 Å². The number of aromatic amines is 1. The lowest BCUT2D eigenvalue weighted by Gasteiger charge is -2.18. The minimum atomic E-state index is -0.567. The van der Waals surface area contributed by atoms with Gasteiger partial charge in [0.2, 0.25) is 0 Å². The molecule has 0 saturated carbocycles. The standard InChI is InChI=1S/C15H17NO2/c1-11(2)14(17)15(13-9-6-10-16-13)18-12-7-4-3-5-8-12/h3-11,15-16H,1-2H3. The van der Waals surface area contributed by atoms with Gasteiger partial charge in [-0.2, -0.15) is 0 Å². The first-order valence-electron chi connectivity index (χ1n) is 6.07. The summed E-state index contributed by atoms with van der Waals surface area (Å²) in [7, 11) is 0. The Kier molecular flexibility index (Phi) is 3.82. The summed E-state index contributed by atoms with van der Waals surface area (Å²) in [6, 6.07) is 13.1. The highest BCUT2D eigenvalue weighted by molar-refractivity contribution is 5.85. The number of hydrogen-bond acceptors (Lipinski definition) is 2. The first kappa shape index (κ1) is 12.4. The largest absolute Gasteiger partial charge is 0.476 e. The highest BCUT2D eigenvalue weighted by atomic mass is 16.5. The van der Waals surface area contributed by atoms with E-state index in [1.165, 1.54) is 0 Å². The van der Waals surface area contributed by atoms with Gasteiger partial charge in [-0.25, -0.2) is 0 Å². The van der Waals surface area contributed by atoms with Crippen molar-refractivity contribution in [3.63, 3.8) is 0 Å². The summed E-state index contributed by atoms with van der Waals surface area (Å²) in [5.74, 6) is 0.703. The molecular weight excluding hydrogens is 226 g/mol. The SMILES string of the molecule is CC(C)C(=O)C(Oc1ccccc1)c1ccc[nH]1. The number of para-hydroxylation sites is 1. The molecule has 1 aromatic heterocycles. The Balaban J connectivity index is 2.23. The molecule has 1 atom stereocenters. The number of H-pyrrole nitrogens is 1. The smallest absolute Gasteiger partial charge is 0.196 e. The van der Waals surface area contributed by atoms with E-state index in [1.807, 2.05) is 56.3 Å². The van der Waals surface area contributed by atoms with Crippen molar-refractivity contribution in [2.45, 2.75) is 20.0 Å². The number of hydrogen-bond donors (Lipinski definition) is 1. The molecule has 2 aromatic rings. The van der Waals surface area contributed by atoms with Crippen molar-refractivity contribution in [1.29, 1.82) is 0 Å². The Morgan fingerprint density at radius 1 is 1.11 bits per heavy atom. The van der Waals surface area contributed by atoms with Crippen molar-refractivity contribution < 1.29 is 9.53 Å². The first-order chi connectivity index (χ1) is 8.68. The normalized spacial score (nSPS) is 12.4. The summed E-state index contributed by atoms with van der Waals surface area (Å²) in [6.45, 7) is 3.76. The zero-order chi connectivity index (χ0) is 13.0. The zero-order valence-electron chi connectivity index (χ0n) is 10.6. The Morgan fingerprint density at radius 3 is 2.39 bits per heavy atom. The molecule has 1 N–H and O–H groups in total. The number of aromatic nitrogens is 1. The van der Waals surface area contributed by atoms with Crippen LogP contribution >= 0.6 is 0 Å². The van der Waals surface area contributed by atoms with Crippen LogP contribution in [0.1, 0.15) is 25.6 Å². The van der Waals surface area contributed by atoms with E-state index in [0.29, 0.717) is 5.75 Å². The van der Waals surface area contributed by atoms with Gasteiger partial charge in [-0.1, -0.05) is 32.0 Å². The number of nitrogens with one attached hydrogen (secondary N) is 1. The summed E-state index contributed by atoms with van der Waals surface area (Å²) in [4.78, 5) is 15.2. The molecule has 1 unspecified atom stereocenters. The van der Waals surface area contributed by atoms with Crippen molar-refractivity contribution >= 4 is 5.78 Å². The number of carbonyl (C=O) groups is 1. The molecule has 1 aromatic carbocycles. The zero-order valence-corrected chi connectivity index (χ0v) is 10.6. The second kappa shape index (κ2) is 5.54. The van der Waals surface area contributed by atoms with Crippen LogP contribution in [0.3, 0.4) is 0 Å². The molecule has 0 aliphatic carbocycles. The van der Waals surface area contributed by atoms with Crippen LogP contribution in [0.15, 0.2) is 48.7 Å². The van der Waals surface area contributed by atoms with Crippen LogP contribution in [-0.2, 0) is 4.79 Å². The molecule has 18 heavy (non-hydrogen) atoms. The number of benzene rings is 1. The molecular formula is C15H17NO2. The van der Waals surface area contributed by atoms with Gasteiger partial charge in [0.15, 0.2) is 11.9 Å². The minimum absolute atomic E-state index is 0.0676. The number of ether oxygens (including phenoxy) is 1. The molecule has 3 nitrogen and oxygen atoms in total. The summed E-state index contributed by atoms with van der Waals surface area (Å²) < 4.78 is 5.80. The molecule has 0 aliphatic rings. The van der Waals surface area contributed by atoms with Crippen molar-refractivity contribution in [2.75, 3.05) is 0 Å². The first-order valence-corrected chi connectivity index (χ1v) is 6.07. The molecule has 2 rings (SSSR count). The van der Waals surface area contributed by atoms with E-state index in [4.69, 9.17) is 4.74 Å². The maximum atomic E-state index is 12.2. The molecule has 94 valence electrons. The van der Waals surface area contributed by atoms with Crippen LogP contribution in [0, 0.1) is 5.92 Å². The molecule has 0 amide bonds. The third-order valence-corrected chi connectivity index (χ3v) is 2.73. The van der Waals surface area contributed by atoms with Gasteiger partial charge in [-0.3, -0.25) is 4.79 Å². The van der Waals surface area contributed by atoms with Gasteiger partial charge < -0.3 is 9.72 Å². The predicted octanol–water partition coefficient (Wildman–Crippen LogP) is 3.36. The van der Waals surface area contributed by atoms with Crippen molar-refractivity contribution in [3.05, 3.63) is 54.4 Å². The van der Waals surface area contributed by atoms with Crippen LogP contribution in [-0.4, -0.2) is 10.8 Å². The van der Waals surface area contributed by atoms with Gasteiger partial charge in [0.1, 0.15) is 5.75 Å². The number of carbonyl (C=O) groups excluding carboxylic acids is 1. The maximum absolute atomic E-state index is 12.2. The van der Waals surface area contributed by atoms with Gasteiger partial charge in [0.25, 0.3) is 0 Å². The van der Waals surface area contributed by atoms with E-state index in [0.717, 1.165) is 5.69 Å². The van der Waals surface area contributed by atoms with Gasteiger partial charge in [0.05, 0.1) is 5.69 Å². The van der Waals surface area contributed by atoms with Crippen molar-refractivity contribution in [1.82, 2.24) is 4.98 Å². The fourth-order valence-corrected chi connectivity index (χ4v) is 1.72. The second-order valence-electron chi connectivity index (χ2n) is 4.49. The minimum Gasteiger partial charge on any atom is -0.476 e. The van der Waals surface area contributed by atoms with Crippen molar-refractivity contribution in [3.8, 4) is 5.75 Å². The van der Waals surface area contributed by atoms with Gasteiger partial charge in [0, 0.05) is 12.1 Å². The Bertz CT molecular complexity index is 488. The number of Topliss-reactive ketones (excluding diaryl/α,β-unsaturated/α-hetero) is 1. The molecule has 3 heteroatoms. The topological polar surface area (TPSA) is 42.1 Å². The Hall–Kier alpha value is -2.03. The number of ketones is 1. The summed E-state index contributed by atoms with van der Waals surface area (Å²) in [5.41, 5.74) is 0.789. The van der Waals surface area contributed by atoms with Gasteiger partial charge in [-0.05, 0) is 24.3 Å². The van der Waals surface area contributed by atoms with Crippen LogP contribution in [0.5, 0.6) is 5.75 Å². The van der Waals surface area contributed by atoms with Crippen molar-refractivity contribution in [2.24, 2.45) is 5.92 Å². The van der Waals surface area contributed by atoms with Crippen LogP contribution < -0.4 is 4.74 Å². The molecule has 1 heterocycles. The van der Waals surface area contributed by atoms with Gasteiger partial charge in [-0.15, -0.1) is 0 Å². The van der Waals surface area contributed by atoms with Crippen LogP contribution in [0.2, 0.25) is 0 Å². The lowest BCUT2D eigenvalue weighted by molar-refractivity contribution is -0.129. The van der Waals surface area contributed by atoms with E-state index in [2.05, 4.69) is 4.98 Å². The fourth-order valence-electron chi connectivity index (χ4n) is 1.72. The van der Waals surface area contributed by atoms with Crippen LogP contribution in [0.4, 0.5) is 0 Å². The quantitative estimate of drug-likeness (QED) is 0.874. The number of rotatable bonds is 5. The molecule has 0 fully saturated rings. The highest BCUT2D eigenvalue weighted by Crippen LogP contribution is 2.23. The summed E-state index contributed by atoms with van der Waals surface area (Å²) in [6.07, 6.45) is 1.23. The molecule has 0 aliphatic heterocycles. The third kappa shape index (κ3) is 2.80. The van der Waals surface area contributed by atoms with E-state index < -0.39 is 6.10 Å². The molecule has 0 saturated heterocycles. The molecule has 0 radical (unpaired) electrons.